The molecule has 0 bridgehead atoms. The SMILES string of the molecule is C=O.COc1ccc(-c2cc(CN(CC(=O)N3CC(=O)N(Cc4cccc5ccccc45)CC3N)NCc3ccccc3)on2)cc1.Cc1ccc(O)cc1. The molecule has 1 aliphatic heterocycles. The first kappa shape index (κ1) is 39.9. The molecule has 1 atom stereocenters. The zero-order chi connectivity index (χ0) is 39.2. The Bertz CT molecular complexity index is 2100. The van der Waals surface area contributed by atoms with Crippen LogP contribution in [0.15, 0.2) is 132 Å². The Morgan fingerprint density at radius 1 is 0.964 bits per heavy atom. The summed E-state index contributed by atoms with van der Waals surface area (Å²) in [6.45, 7) is 5.33. The number of nitrogens with two attached hydrogens (primary N) is 1. The number of phenolic OH excluding ortho intramolecular Hbond substituents is 1. The van der Waals surface area contributed by atoms with Gasteiger partial charge in [-0.15, -0.1) is 0 Å². The summed E-state index contributed by atoms with van der Waals surface area (Å²) in [6.07, 6.45) is -0.631. The molecule has 284 valence electrons. The summed E-state index contributed by atoms with van der Waals surface area (Å²) in [7, 11) is 1.62. The van der Waals surface area contributed by atoms with E-state index in [1.54, 1.807) is 29.2 Å². The van der Waals surface area contributed by atoms with Crippen molar-refractivity contribution in [3.63, 3.8) is 0 Å². The van der Waals surface area contributed by atoms with E-state index in [1.165, 1.54) is 10.5 Å². The van der Waals surface area contributed by atoms with Crippen molar-refractivity contribution in [1.82, 2.24) is 25.4 Å². The molecule has 12 heteroatoms. The highest BCUT2D eigenvalue weighted by Crippen LogP contribution is 2.24. The average Bonchev–Trinajstić information content (AvgIpc) is 3.69. The van der Waals surface area contributed by atoms with Crippen molar-refractivity contribution in [1.29, 1.82) is 0 Å². The largest absolute Gasteiger partial charge is 0.508 e. The predicted octanol–water partition coefficient (Wildman–Crippen LogP) is 5.68. The Kier molecular flexibility index (Phi) is 14.2. The lowest BCUT2D eigenvalue weighted by Crippen LogP contribution is -2.62. The third kappa shape index (κ3) is 11.1. The number of benzene rings is 5. The monoisotopic (exact) mass is 742 g/mol. The van der Waals surface area contributed by atoms with Crippen LogP contribution in [0.4, 0.5) is 0 Å². The van der Waals surface area contributed by atoms with Gasteiger partial charge in [-0.25, -0.2) is 10.4 Å². The van der Waals surface area contributed by atoms with E-state index in [2.05, 4.69) is 28.8 Å². The summed E-state index contributed by atoms with van der Waals surface area (Å²) >= 11 is 0. The van der Waals surface area contributed by atoms with Crippen LogP contribution in [0.3, 0.4) is 0 Å². The number of rotatable bonds is 11. The lowest BCUT2D eigenvalue weighted by molar-refractivity contribution is -0.150. The predicted molar refractivity (Wildman–Crippen MR) is 211 cm³/mol. The van der Waals surface area contributed by atoms with E-state index in [1.807, 2.05) is 111 Å². The van der Waals surface area contributed by atoms with Gasteiger partial charge in [0.2, 0.25) is 11.8 Å². The molecule has 0 spiro atoms. The zero-order valence-electron chi connectivity index (χ0n) is 31.0. The Balaban J connectivity index is 0.000000510. The van der Waals surface area contributed by atoms with Crippen LogP contribution in [0.5, 0.6) is 11.5 Å². The number of hydrogen-bond donors (Lipinski definition) is 3. The molecule has 2 heterocycles. The van der Waals surface area contributed by atoms with E-state index in [4.69, 9.17) is 24.9 Å². The summed E-state index contributed by atoms with van der Waals surface area (Å²) in [5.74, 6) is 1.27. The van der Waals surface area contributed by atoms with Gasteiger partial charge in [-0.05, 0) is 65.2 Å². The van der Waals surface area contributed by atoms with Crippen molar-refractivity contribution in [2.75, 3.05) is 26.7 Å². The second kappa shape index (κ2) is 19.7. The number of hydrogen-bond acceptors (Lipinski definition) is 10. The third-order valence-corrected chi connectivity index (χ3v) is 9.03. The van der Waals surface area contributed by atoms with E-state index in [-0.39, 0.29) is 38.0 Å². The normalized spacial score (nSPS) is 13.8. The quantitative estimate of drug-likeness (QED) is 0.141. The fourth-order valence-electron chi connectivity index (χ4n) is 6.09. The van der Waals surface area contributed by atoms with Crippen LogP contribution in [0.2, 0.25) is 0 Å². The molecule has 0 radical (unpaired) electrons. The Hall–Kier alpha value is -6.34. The van der Waals surface area contributed by atoms with Crippen molar-refractivity contribution in [2.24, 2.45) is 5.73 Å². The molecule has 7 rings (SSSR count). The fourth-order valence-corrected chi connectivity index (χ4v) is 6.09. The molecule has 1 aliphatic rings. The number of hydrazine groups is 1. The molecule has 1 aromatic heterocycles. The highest BCUT2D eigenvalue weighted by Gasteiger charge is 2.34. The van der Waals surface area contributed by atoms with E-state index in [0.717, 1.165) is 33.2 Å². The van der Waals surface area contributed by atoms with Gasteiger partial charge in [0.15, 0.2) is 5.76 Å². The zero-order valence-corrected chi connectivity index (χ0v) is 31.0. The number of nitrogens with one attached hydrogen (secondary N) is 1. The molecule has 5 aromatic carbocycles. The van der Waals surface area contributed by atoms with Crippen LogP contribution in [0.1, 0.15) is 22.5 Å². The van der Waals surface area contributed by atoms with Gasteiger partial charge < -0.3 is 34.7 Å². The molecule has 1 unspecified atom stereocenters. The summed E-state index contributed by atoms with van der Waals surface area (Å²) in [6, 6.07) is 40.6. The first-order valence-electron chi connectivity index (χ1n) is 17.7. The number of aryl methyl sites for hydroxylation is 1. The van der Waals surface area contributed by atoms with Gasteiger partial charge in [-0.2, -0.15) is 0 Å². The van der Waals surface area contributed by atoms with Gasteiger partial charge in [-0.1, -0.05) is 95.6 Å². The van der Waals surface area contributed by atoms with Crippen molar-refractivity contribution in [2.45, 2.75) is 32.7 Å². The maximum absolute atomic E-state index is 13.6. The molecule has 1 saturated heterocycles. The molecule has 0 aliphatic carbocycles. The molecule has 1 fully saturated rings. The number of aromatic nitrogens is 1. The maximum Gasteiger partial charge on any atom is 0.242 e. The van der Waals surface area contributed by atoms with Crippen molar-refractivity contribution >= 4 is 29.4 Å². The molecule has 55 heavy (non-hydrogen) atoms. The lowest BCUT2D eigenvalue weighted by atomic mass is 10.0. The third-order valence-electron chi connectivity index (χ3n) is 9.03. The maximum atomic E-state index is 13.6. The summed E-state index contributed by atoms with van der Waals surface area (Å²) in [4.78, 5) is 38.1. The second-order valence-electron chi connectivity index (χ2n) is 12.9. The highest BCUT2D eigenvalue weighted by atomic mass is 16.5. The van der Waals surface area contributed by atoms with Gasteiger partial charge in [0, 0.05) is 24.7 Å². The number of aromatic hydroxyl groups is 1. The van der Waals surface area contributed by atoms with Crippen LogP contribution in [0, 0.1) is 6.92 Å². The minimum atomic E-state index is -0.631. The van der Waals surface area contributed by atoms with Crippen molar-refractivity contribution in [3.8, 4) is 22.8 Å². The number of piperazine rings is 1. The van der Waals surface area contributed by atoms with E-state index >= 15 is 0 Å². The molecule has 0 saturated carbocycles. The number of phenols is 1. The molecule has 12 nitrogen and oxygen atoms in total. The first-order valence-corrected chi connectivity index (χ1v) is 17.7. The molecular weight excluding hydrogens is 697 g/mol. The number of fused-ring (bicyclic) bond motifs is 1. The minimum absolute atomic E-state index is 0.0181. The van der Waals surface area contributed by atoms with Crippen LogP contribution >= 0.6 is 0 Å². The average molecular weight is 743 g/mol. The number of ether oxygens (including phenoxy) is 1. The topological polar surface area (TPSA) is 154 Å². The van der Waals surface area contributed by atoms with Gasteiger partial charge in [-0.3, -0.25) is 9.59 Å². The Morgan fingerprint density at radius 2 is 1.65 bits per heavy atom. The number of carbonyl (C=O) groups excluding carboxylic acids is 3. The second-order valence-corrected chi connectivity index (χ2v) is 12.9. The van der Waals surface area contributed by atoms with Gasteiger partial charge in [0.1, 0.15) is 30.5 Å². The van der Waals surface area contributed by atoms with Crippen LogP contribution in [0.25, 0.3) is 22.0 Å². The summed E-state index contributed by atoms with van der Waals surface area (Å²) in [5.41, 5.74) is 14.7. The van der Waals surface area contributed by atoms with Gasteiger partial charge in [0.05, 0.1) is 32.9 Å². The smallest absolute Gasteiger partial charge is 0.242 e. The number of methoxy groups -OCH3 is 1. The van der Waals surface area contributed by atoms with E-state index < -0.39 is 6.17 Å². The highest BCUT2D eigenvalue weighted by molar-refractivity contribution is 5.89. The number of amides is 2. The number of nitrogens with zero attached hydrogens (tertiary/aromatic N) is 4. The molecular formula is C43H46N6O6. The lowest BCUT2D eigenvalue weighted by Gasteiger charge is -2.40. The van der Waals surface area contributed by atoms with E-state index in [9.17, 15) is 9.59 Å². The summed E-state index contributed by atoms with van der Waals surface area (Å²) < 4.78 is 10.9. The van der Waals surface area contributed by atoms with Gasteiger partial charge in [0.25, 0.3) is 0 Å². The number of carbonyl (C=O) groups is 3. The molecule has 4 N–H and O–H groups in total. The Labute approximate surface area is 320 Å². The van der Waals surface area contributed by atoms with Crippen LogP contribution < -0.4 is 15.9 Å². The van der Waals surface area contributed by atoms with Crippen LogP contribution in [-0.2, 0) is 34.0 Å². The van der Waals surface area contributed by atoms with E-state index in [0.29, 0.717) is 30.3 Å². The van der Waals surface area contributed by atoms with Gasteiger partial charge >= 0.3 is 0 Å². The fraction of sp³-hybridized carbons (Fsp3) is 0.209. The summed E-state index contributed by atoms with van der Waals surface area (Å²) in [5, 5.41) is 17.0. The standard InChI is InChI=1S/C35H36N6O4.C7H8O.CH2O/c1-44-29-16-14-27(15-17-29)32-18-30(45-38-32)21-40(37-19-25-8-3-2-4-9-25)23-35(43)41-24-34(42)39(22-33(41)36)20-28-12-7-11-26-10-5-6-13-31(26)28;1-6-2-4-7(8)5-3-6;1-2/h2-18,33,37H,19-24,36H2,1H3;2-5,8H,1H3;1H2. The van der Waals surface area contributed by atoms with Crippen molar-refractivity contribution < 1.29 is 28.8 Å². The van der Waals surface area contributed by atoms with Crippen LogP contribution in [-0.4, -0.2) is 76.6 Å². The molecule has 6 aromatic rings. The minimum Gasteiger partial charge on any atom is -0.508 e. The molecule has 2 amide bonds. The van der Waals surface area contributed by atoms with Crippen molar-refractivity contribution in [3.05, 3.63) is 150 Å². The first-order chi connectivity index (χ1) is 26.7. The Morgan fingerprint density at radius 3 is 2.36 bits per heavy atom.